The summed E-state index contributed by atoms with van der Waals surface area (Å²) in [6, 6.07) is 13.9. The number of fused-ring (bicyclic) bond motifs is 3. The Morgan fingerprint density at radius 2 is 2.06 bits per heavy atom. The Labute approximate surface area is 196 Å². The van der Waals surface area contributed by atoms with E-state index in [1.54, 1.807) is 6.07 Å². The van der Waals surface area contributed by atoms with E-state index >= 15 is 0 Å². The predicted octanol–water partition coefficient (Wildman–Crippen LogP) is 3.97. The Hall–Kier alpha value is -3.28. The highest BCUT2D eigenvalue weighted by Crippen LogP contribution is 2.49. The van der Waals surface area contributed by atoms with Crippen LogP contribution in [0.2, 0.25) is 0 Å². The van der Waals surface area contributed by atoms with Crippen molar-refractivity contribution in [3.8, 4) is 33.0 Å². The summed E-state index contributed by atoms with van der Waals surface area (Å²) < 4.78 is 5.72. The van der Waals surface area contributed by atoms with E-state index in [0.29, 0.717) is 24.3 Å². The van der Waals surface area contributed by atoms with Crippen LogP contribution in [0.1, 0.15) is 43.0 Å². The molecule has 1 N–H and O–H groups in total. The van der Waals surface area contributed by atoms with Crippen molar-refractivity contribution in [2.75, 3.05) is 13.2 Å². The third kappa shape index (κ3) is 3.77. The fourth-order valence-electron chi connectivity index (χ4n) is 4.97. The molecular weight excluding hydrogens is 436 g/mol. The van der Waals surface area contributed by atoms with Crippen molar-refractivity contribution in [1.29, 1.82) is 5.26 Å². The van der Waals surface area contributed by atoms with Crippen molar-refractivity contribution >= 4 is 17.2 Å². The number of aliphatic hydroxyl groups is 1. The Morgan fingerprint density at radius 1 is 1.24 bits per heavy atom. The first-order valence-corrected chi connectivity index (χ1v) is 11.9. The van der Waals surface area contributed by atoms with Crippen LogP contribution >= 0.6 is 11.3 Å². The molecular formula is C25H24N4O3S. The average molecular weight is 461 g/mol. The summed E-state index contributed by atoms with van der Waals surface area (Å²) in [6.07, 6.45) is 1.32. The van der Waals surface area contributed by atoms with Crippen molar-refractivity contribution in [1.82, 2.24) is 15.1 Å². The second kappa shape index (κ2) is 8.58. The molecule has 0 bridgehead atoms. The van der Waals surface area contributed by atoms with Crippen molar-refractivity contribution in [2.24, 2.45) is 5.92 Å². The molecule has 0 unspecified atom stereocenters. The van der Waals surface area contributed by atoms with Gasteiger partial charge in [-0.1, -0.05) is 29.5 Å². The lowest BCUT2D eigenvalue weighted by molar-refractivity contribution is -0.129. The van der Waals surface area contributed by atoms with E-state index in [9.17, 15) is 15.2 Å². The third-order valence-corrected chi connectivity index (χ3v) is 7.25. The van der Waals surface area contributed by atoms with Gasteiger partial charge in [0.2, 0.25) is 5.91 Å². The van der Waals surface area contributed by atoms with E-state index < -0.39 is 0 Å². The number of rotatable bonds is 6. The first-order chi connectivity index (χ1) is 16.0. The van der Waals surface area contributed by atoms with Gasteiger partial charge in [0.25, 0.3) is 0 Å². The number of benzene rings is 2. The minimum absolute atomic E-state index is 0.0145. The molecule has 0 saturated carbocycles. The molecule has 7 nitrogen and oxygen atoms in total. The summed E-state index contributed by atoms with van der Waals surface area (Å²) in [5.74, 6) is 0.918. The van der Waals surface area contributed by atoms with E-state index in [0.717, 1.165) is 33.1 Å². The molecule has 3 aromatic rings. The maximum absolute atomic E-state index is 12.4. The van der Waals surface area contributed by atoms with Crippen LogP contribution in [-0.4, -0.2) is 45.4 Å². The maximum atomic E-state index is 12.4. The topological polar surface area (TPSA) is 99.3 Å². The molecule has 0 radical (unpaired) electrons. The number of hydrogen-bond acceptors (Lipinski definition) is 7. The van der Waals surface area contributed by atoms with Gasteiger partial charge in [0.05, 0.1) is 24.3 Å². The van der Waals surface area contributed by atoms with E-state index in [2.05, 4.69) is 28.4 Å². The number of likely N-dealkylation sites (tertiary alicyclic amines) is 1. The molecule has 1 saturated heterocycles. The number of carbonyl (C=O) groups excluding carboxylic acids is 1. The van der Waals surface area contributed by atoms with Gasteiger partial charge in [-0.2, -0.15) is 5.26 Å². The lowest BCUT2D eigenvalue weighted by Gasteiger charge is -2.24. The SMILES string of the molecule is CC(C)Oc1ccc(-c2nnc(-c3cccc4c3C[C@@H]3CC(=O)N(CCO)[C@H]43)s2)cc1C#N. The summed E-state index contributed by atoms with van der Waals surface area (Å²) in [4.78, 5) is 14.2. The molecule has 5 rings (SSSR count). The summed E-state index contributed by atoms with van der Waals surface area (Å²) >= 11 is 1.49. The monoisotopic (exact) mass is 460 g/mol. The van der Waals surface area contributed by atoms with Crippen molar-refractivity contribution in [2.45, 2.75) is 38.8 Å². The molecule has 2 aromatic carbocycles. The molecule has 2 heterocycles. The van der Waals surface area contributed by atoms with Gasteiger partial charge in [-0.05, 0) is 55.5 Å². The van der Waals surface area contributed by atoms with Gasteiger partial charge < -0.3 is 14.7 Å². The van der Waals surface area contributed by atoms with Crippen LogP contribution in [0, 0.1) is 17.2 Å². The highest BCUT2D eigenvalue weighted by molar-refractivity contribution is 7.17. The number of amides is 1. The Balaban J connectivity index is 1.48. The first-order valence-electron chi connectivity index (χ1n) is 11.1. The van der Waals surface area contributed by atoms with Crippen LogP contribution in [0.5, 0.6) is 5.75 Å². The van der Waals surface area contributed by atoms with Crippen molar-refractivity contribution < 1.29 is 14.6 Å². The number of aromatic nitrogens is 2. The quantitative estimate of drug-likeness (QED) is 0.598. The number of nitrogens with zero attached hydrogens (tertiary/aromatic N) is 4. The van der Waals surface area contributed by atoms with Gasteiger partial charge in [-0.3, -0.25) is 4.79 Å². The molecule has 33 heavy (non-hydrogen) atoms. The molecule has 1 fully saturated rings. The molecule has 1 aliphatic heterocycles. The highest BCUT2D eigenvalue weighted by atomic mass is 32.1. The van der Waals surface area contributed by atoms with E-state index in [-0.39, 0.29) is 30.6 Å². The van der Waals surface area contributed by atoms with Crippen LogP contribution in [0.4, 0.5) is 0 Å². The van der Waals surface area contributed by atoms with E-state index in [1.165, 1.54) is 16.9 Å². The summed E-state index contributed by atoms with van der Waals surface area (Å²) in [5, 5.41) is 29.4. The number of β-amino-alcohol motifs (C(OH)–C–C–N with tert-alkyl or cyclic N) is 1. The second-order valence-corrected chi connectivity index (χ2v) is 9.68. The van der Waals surface area contributed by atoms with Gasteiger partial charge in [0, 0.05) is 24.1 Å². The normalized spacial score (nSPS) is 19.0. The van der Waals surface area contributed by atoms with E-state index in [4.69, 9.17) is 4.74 Å². The Kier molecular flexibility index (Phi) is 5.60. The number of carbonyl (C=O) groups is 1. The summed E-state index contributed by atoms with van der Waals surface area (Å²) in [7, 11) is 0. The second-order valence-electron chi connectivity index (χ2n) is 8.70. The van der Waals surface area contributed by atoms with Gasteiger partial charge in [-0.15, -0.1) is 10.2 Å². The molecule has 2 atom stereocenters. The van der Waals surface area contributed by atoms with Crippen molar-refractivity contribution in [3.05, 3.63) is 53.1 Å². The first kappa shape index (κ1) is 21.6. The van der Waals surface area contributed by atoms with Crippen LogP contribution in [0.25, 0.3) is 21.1 Å². The molecule has 0 spiro atoms. The fraction of sp³-hybridized carbons (Fsp3) is 0.360. The lowest BCUT2D eigenvalue weighted by atomic mass is 10.0. The number of aliphatic hydroxyl groups excluding tert-OH is 1. The minimum atomic E-state index is -0.0323. The highest BCUT2D eigenvalue weighted by Gasteiger charge is 2.46. The summed E-state index contributed by atoms with van der Waals surface area (Å²) in [5.41, 5.74) is 4.71. The predicted molar refractivity (Wildman–Crippen MR) is 125 cm³/mol. The minimum Gasteiger partial charge on any atom is -0.490 e. The van der Waals surface area contributed by atoms with Crippen molar-refractivity contribution in [3.63, 3.8) is 0 Å². The molecule has 168 valence electrons. The van der Waals surface area contributed by atoms with Gasteiger partial charge in [0.15, 0.2) is 0 Å². The Bertz CT molecular complexity index is 1260. The molecule has 1 aromatic heterocycles. The largest absolute Gasteiger partial charge is 0.490 e. The van der Waals surface area contributed by atoms with Crippen LogP contribution in [-0.2, 0) is 11.2 Å². The average Bonchev–Trinajstić information content (AvgIpc) is 3.49. The molecule has 1 amide bonds. The number of nitriles is 1. The van der Waals surface area contributed by atoms with Gasteiger partial charge in [0.1, 0.15) is 21.8 Å². The van der Waals surface area contributed by atoms with Crippen LogP contribution < -0.4 is 4.74 Å². The van der Waals surface area contributed by atoms with Gasteiger partial charge >= 0.3 is 0 Å². The van der Waals surface area contributed by atoms with E-state index in [1.807, 2.05) is 36.9 Å². The Morgan fingerprint density at radius 3 is 2.82 bits per heavy atom. The smallest absolute Gasteiger partial charge is 0.223 e. The molecule has 2 aliphatic rings. The van der Waals surface area contributed by atoms with Crippen LogP contribution in [0.15, 0.2) is 36.4 Å². The fourth-order valence-corrected chi connectivity index (χ4v) is 5.86. The zero-order valence-corrected chi connectivity index (χ0v) is 19.3. The zero-order chi connectivity index (χ0) is 23.1. The number of ether oxygens (including phenoxy) is 1. The molecule has 1 aliphatic carbocycles. The number of hydrogen-bond donors (Lipinski definition) is 1. The molecule has 8 heteroatoms. The lowest BCUT2D eigenvalue weighted by Crippen LogP contribution is -2.30. The standard InChI is InChI=1S/C25H24N4O3S/c1-14(2)32-21-7-6-15(10-17(21)13-26)24-27-28-25(33-24)19-5-3-4-18-20(19)11-16-12-22(31)29(8-9-30)23(16)18/h3-7,10,14,16,23,30H,8-9,11-12H2,1-2H3/t16-,23+/m1/s1. The van der Waals surface area contributed by atoms with Crippen LogP contribution in [0.3, 0.4) is 0 Å². The van der Waals surface area contributed by atoms with Gasteiger partial charge in [-0.25, -0.2) is 0 Å². The summed E-state index contributed by atoms with van der Waals surface area (Å²) in [6.45, 7) is 4.19. The zero-order valence-electron chi connectivity index (χ0n) is 18.5. The maximum Gasteiger partial charge on any atom is 0.223 e. The third-order valence-electron chi connectivity index (χ3n) is 6.24.